The van der Waals surface area contributed by atoms with Crippen LogP contribution in [-0.4, -0.2) is 11.9 Å². The summed E-state index contributed by atoms with van der Waals surface area (Å²) in [7, 11) is 0. The van der Waals surface area contributed by atoms with Crippen molar-refractivity contribution < 1.29 is 9.18 Å². The Morgan fingerprint density at radius 1 is 1.47 bits per heavy atom. The molecule has 0 radical (unpaired) electrons. The van der Waals surface area contributed by atoms with Gasteiger partial charge in [-0.3, -0.25) is 4.79 Å². The maximum absolute atomic E-state index is 13.5. The molecule has 2 unspecified atom stereocenters. The SMILES string of the molecule is CCC1(C)CC(Cc2ccccc2F)NC1=O. The number of amides is 1. The second-order valence-electron chi connectivity index (χ2n) is 5.08. The maximum Gasteiger partial charge on any atom is 0.226 e. The van der Waals surface area contributed by atoms with Crippen molar-refractivity contribution in [1.82, 2.24) is 5.32 Å². The highest BCUT2D eigenvalue weighted by molar-refractivity contribution is 5.84. The fraction of sp³-hybridized carbons (Fsp3) is 0.500. The molecule has 2 atom stereocenters. The second kappa shape index (κ2) is 4.47. The van der Waals surface area contributed by atoms with Crippen molar-refractivity contribution in [3.05, 3.63) is 35.6 Å². The average molecular weight is 235 g/mol. The molecule has 17 heavy (non-hydrogen) atoms. The highest BCUT2D eigenvalue weighted by Crippen LogP contribution is 2.34. The van der Waals surface area contributed by atoms with E-state index in [1.165, 1.54) is 6.07 Å². The van der Waals surface area contributed by atoms with Crippen LogP contribution in [0.1, 0.15) is 32.3 Å². The standard InChI is InChI=1S/C14H18FNO/c1-3-14(2)9-11(16-13(14)17)8-10-6-4-5-7-12(10)15/h4-7,11H,3,8-9H2,1-2H3,(H,16,17). The van der Waals surface area contributed by atoms with Gasteiger partial charge in [0.15, 0.2) is 0 Å². The van der Waals surface area contributed by atoms with E-state index in [4.69, 9.17) is 0 Å². The molecule has 0 bridgehead atoms. The van der Waals surface area contributed by atoms with Crippen LogP contribution in [0.25, 0.3) is 0 Å². The van der Waals surface area contributed by atoms with Gasteiger partial charge in [0.25, 0.3) is 0 Å². The van der Waals surface area contributed by atoms with Gasteiger partial charge in [0.2, 0.25) is 5.91 Å². The first kappa shape index (κ1) is 12.1. The van der Waals surface area contributed by atoms with Crippen molar-refractivity contribution in [2.24, 2.45) is 5.41 Å². The summed E-state index contributed by atoms with van der Waals surface area (Å²) in [5, 5.41) is 2.97. The highest BCUT2D eigenvalue weighted by atomic mass is 19.1. The predicted molar refractivity (Wildman–Crippen MR) is 65.0 cm³/mol. The third kappa shape index (κ3) is 2.33. The maximum atomic E-state index is 13.5. The van der Waals surface area contributed by atoms with E-state index in [1.807, 2.05) is 19.9 Å². The first-order valence-electron chi connectivity index (χ1n) is 6.09. The van der Waals surface area contributed by atoms with E-state index < -0.39 is 0 Å². The molecular weight excluding hydrogens is 217 g/mol. The number of nitrogens with one attached hydrogen (secondary N) is 1. The summed E-state index contributed by atoms with van der Waals surface area (Å²) < 4.78 is 13.5. The lowest BCUT2D eigenvalue weighted by Gasteiger charge is -2.17. The molecule has 0 spiro atoms. The molecular formula is C14H18FNO. The Hall–Kier alpha value is -1.38. The second-order valence-corrected chi connectivity index (χ2v) is 5.08. The van der Waals surface area contributed by atoms with Crippen LogP contribution < -0.4 is 5.32 Å². The number of hydrogen-bond acceptors (Lipinski definition) is 1. The lowest BCUT2D eigenvalue weighted by atomic mass is 9.83. The van der Waals surface area contributed by atoms with E-state index in [-0.39, 0.29) is 23.2 Å². The van der Waals surface area contributed by atoms with Gasteiger partial charge in [-0.1, -0.05) is 32.0 Å². The first-order valence-corrected chi connectivity index (χ1v) is 6.09. The molecule has 1 aromatic rings. The van der Waals surface area contributed by atoms with Crippen LogP contribution in [0.3, 0.4) is 0 Å². The molecule has 1 aliphatic rings. The molecule has 0 aliphatic carbocycles. The summed E-state index contributed by atoms with van der Waals surface area (Å²) in [6.45, 7) is 3.99. The van der Waals surface area contributed by atoms with E-state index >= 15 is 0 Å². The molecule has 3 heteroatoms. The summed E-state index contributed by atoms with van der Waals surface area (Å²) in [6, 6.07) is 6.81. The zero-order chi connectivity index (χ0) is 12.5. The van der Waals surface area contributed by atoms with Crippen LogP contribution in [0.4, 0.5) is 4.39 Å². The van der Waals surface area contributed by atoms with Gasteiger partial charge in [-0.05, 0) is 30.9 Å². The van der Waals surface area contributed by atoms with E-state index in [2.05, 4.69) is 5.32 Å². The zero-order valence-corrected chi connectivity index (χ0v) is 10.3. The van der Waals surface area contributed by atoms with Gasteiger partial charge < -0.3 is 5.32 Å². The Morgan fingerprint density at radius 2 is 2.18 bits per heavy atom. The van der Waals surface area contributed by atoms with Gasteiger partial charge >= 0.3 is 0 Å². The molecule has 1 aliphatic heterocycles. The monoisotopic (exact) mass is 235 g/mol. The first-order chi connectivity index (χ1) is 8.05. The largest absolute Gasteiger partial charge is 0.353 e. The lowest BCUT2D eigenvalue weighted by Crippen LogP contribution is -2.30. The molecule has 2 rings (SSSR count). The van der Waals surface area contributed by atoms with E-state index in [0.717, 1.165) is 12.8 Å². The molecule has 1 saturated heterocycles. The Labute approximate surface area is 101 Å². The smallest absolute Gasteiger partial charge is 0.226 e. The minimum Gasteiger partial charge on any atom is -0.353 e. The van der Waals surface area contributed by atoms with E-state index in [0.29, 0.717) is 12.0 Å². The Kier molecular flexibility index (Phi) is 3.18. The van der Waals surface area contributed by atoms with Gasteiger partial charge in [0, 0.05) is 11.5 Å². The molecule has 0 aromatic heterocycles. The Balaban J connectivity index is 2.08. The fourth-order valence-corrected chi connectivity index (χ4v) is 2.40. The summed E-state index contributed by atoms with van der Waals surface area (Å²) in [6.07, 6.45) is 2.19. The highest BCUT2D eigenvalue weighted by Gasteiger charge is 2.41. The number of rotatable bonds is 3. The molecule has 1 N–H and O–H groups in total. The Morgan fingerprint density at radius 3 is 2.76 bits per heavy atom. The van der Waals surface area contributed by atoms with Crippen molar-refractivity contribution in [3.63, 3.8) is 0 Å². The minimum absolute atomic E-state index is 0.0596. The van der Waals surface area contributed by atoms with Gasteiger partial charge in [-0.15, -0.1) is 0 Å². The summed E-state index contributed by atoms with van der Waals surface area (Å²) >= 11 is 0. The average Bonchev–Trinajstić information content (AvgIpc) is 2.59. The zero-order valence-electron chi connectivity index (χ0n) is 10.3. The number of halogens is 1. The minimum atomic E-state index is -0.282. The molecule has 1 amide bonds. The summed E-state index contributed by atoms with van der Waals surface area (Å²) in [4.78, 5) is 11.8. The Bertz CT molecular complexity index is 432. The van der Waals surface area contributed by atoms with Crippen molar-refractivity contribution in [2.45, 2.75) is 39.2 Å². The van der Waals surface area contributed by atoms with Gasteiger partial charge in [-0.2, -0.15) is 0 Å². The van der Waals surface area contributed by atoms with Gasteiger partial charge in [0.1, 0.15) is 5.82 Å². The van der Waals surface area contributed by atoms with Gasteiger partial charge in [-0.25, -0.2) is 4.39 Å². The number of hydrogen-bond donors (Lipinski definition) is 1. The predicted octanol–water partition coefficient (Wildman–Crippen LogP) is 2.67. The van der Waals surface area contributed by atoms with Crippen molar-refractivity contribution in [3.8, 4) is 0 Å². The third-order valence-corrected chi connectivity index (χ3v) is 3.78. The topological polar surface area (TPSA) is 29.1 Å². The number of carbonyl (C=O) groups excluding carboxylic acids is 1. The van der Waals surface area contributed by atoms with Crippen molar-refractivity contribution in [1.29, 1.82) is 0 Å². The quantitative estimate of drug-likeness (QED) is 0.857. The van der Waals surface area contributed by atoms with Crippen molar-refractivity contribution in [2.75, 3.05) is 0 Å². The summed E-state index contributed by atoms with van der Waals surface area (Å²) in [5.74, 6) is -0.0896. The van der Waals surface area contributed by atoms with E-state index in [9.17, 15) is 9.18 Å². The van der Waals surface area contributed by atoms with Crippen LogP contribution in [0.15, 0.2) is 24.3 Å². The van der Waals surface area contributed by atoms with Crippen LogP contribution in [0.5, 0.6) is 0 Å². The molecule has 0 saturated carbocycles. The number of benzene rings is 1. The third-order valence-electron chi connectivity index (χ3n) is 3.78. The van der Waals surface area contributed by atoms with E-state index in [1.54, 1.807) is 12.1 Å². The van der Waals surface area contributed by atoms with Crippen LogP contribution in [0.2, 0.25) is 0 Å². The normalized spacial score (nSPS) is 28.2. The van der Waals surface area contributed by atoms with Crippen LogP contribution >= 0.6 is 0 Å². The fourth-order valence-electron chi connectivity index (χ4n) is 2.40. The summed E-state index contributed by atoms with van der Waals surface area (Å²) in [5.41, 5.74) is 0.397. The molecule has 92 valence electrons. The lowest BCUT2D eigenvalue weighted by molar-refractivity contribution is -0.127. The molecule has 1 aromatic carbocycles. The molecule has 1 fully saturated rings. The molecule has 2 nitrogen and oxygen atoms in total. The van der Waals surface area contributed by atoms with Gasteiger partial charge in [0.05, 0.1) is 0 Å². The number of carbonyl (C=O) groups is 1. The van der Waals surface area contributed by atoms with Crippen LogP contribution in [-0.2, 0) is 11.2 Å². The van der Waals surface area contributed by atoms with Crippen LogP contribution in [0, 0.1) is 11.2 Å². The van der Waals surface area contributed by atoms with Crippen molar-refractivity contribution >= 4 is 5.91 Å². The molecule has 1 heterocycles.